The number of aliphatic hydroxyl groups excluding tert-OH is 1. The molecule has 1 saturated heterocycles. The summed E-state index contributed by atoms with van der Waals surface area (Å²) in [6.45, 7) is 5.34. The van der Waals surface area contributed by atoms with Gasteiger partial charge in [-0.1, -0.05) is 31.9 Å². The fraction of sp³-hybridized carbons (Fsp3) is 0.368. The standard InChI is InChI=1S/C19H21Br2N3O/c20-13-1-3-18-16(9-13)17-10-14(21)2-4-19(17)24(18)12-15(25)11-23-7-5-22-6-8-23/h1-4,9-10,15,22,25H,5-8,11-12H2/t15-/m1/s1. The second-order valence-electron chi connectivity index (χ2n) is 6.64. The number of nitrogens with zero attached hydrogens (tertiary/aromatic N) is 2. The summed E-state index contributed by atoms with van der Waals surface area (Å²) in [4.78, 5) is 2.34. The van der Waals surface area contributed by atoms with Crippen LogP contribution in [0.5, 0.6) is 0 Å². The van der Waals surface area contributed by atoms with Crippen LogP contribution in [0.2, 0.25) is 0 Å². The van der Waals surface area contributed by atoms with Gasteiger partial charge in [0, 0.05) is 63.5 Å². The highest BCUT2D eigenvalue weighted by atomic mass is 79.9. The van der Waals surface area contributed by atoms with Gasteiger partial charge in [0.2, 0.25) is 0 Å². The molecule has 0 aliphatic carbocycles. The number of hydrogen-bond acceptors (Lipinski definition) is 3. The molecule has 0 saturated carbocycles. The van der Waals surface area contributed by atoms with E-state index in [2.05, 4.69) is 83.0 Å². The first-order chi connectivity index (χ1) is 12.1. The van der Waals surface area contributed by atoms with E-state index in [-0.39, 0.29) is 6.10 Å². The second kappa shape index (κ2) is 7.37. The number of nitrogens with one attached hydrogen (secondary N) is 1. The smallest absolute Gasteiger partial charge is 0.0845 e. The summed E-state index contributed by atoms with van der Waals surface area (Å²) >= 11 is 7.16. The number of piperazine rings is 1. The van der Waals surface area contributed by atoms with Gasteiger partial charge in [-0.05, 0) is 36.4 Å². The first kappa shape index (κ1) is 17.5. The Labute approximate surface area is 164 Å². The molecule has 2 aromatic carbocycles. The summed E-state index contributed by atoms with van der Waals surface area (Å²) in [5.41, 5.74) is 2.33. The fourth-order valence-corrected chi connectivity index (χ4v) is 4.43. The van der Waals surface area contributed by atoms with Crippen molar-refractivity contribution in [2.75, 3.05) is 32.7 Å². The highest BCUT2D eigenvalue weighted by Crippen LogP contribution is 2.33. The van der Waals surface area contributed by atoms with E-state index in [0.717, 1.165) is 52.7 Å². The molecule has 4 nitrogen and oxygen atoms in total. The molecule has 1 aromatic heterocycles. The molecule has 1 fully saturated rings. The Morgan fingerprint density at radius 1 is 0.920 bits per heavy atom. The third-order valence-electron chi connectivity index (χ3n) is 4.86. The van der Waals surface area contributed by atoms with Gasteiger partial charge in [0.1, 0.15) is 0 Å². The molecular weight excluding hydrogens is 446 g/mol. The topological polar surface area (TPSA) is 40.4 Å². The Balaban J connectivity index is 1.69. The van der Waals surface area contributed by atoms with Gasteiger partial charge in [0.25, 0.3) is 0 Å². The zero-order chi connectivity index (χ0) is 17.4. The number of fused-ring (bicyclic) bond motifs is 3. The Bertz CT molecular complexity index is 843. The van der Waals surface area contributed by atoms with Crippen LogP contribution < -0.4 is 5.32 Å². The van der Waals surface area contributed by atoms with Gasteiger partial charge in [-0.2, -0.15) is 0 Å². The van der Waals surface area contributed by atoms with Gasteiger partial charge in [0.05, 0.1) is 12.6 Å². The Morgan fingerprint density at radius 3 is 2.04 bits per heavy atom. The SMILES string of the molecule is O[C@H](CN1CCNCC1)Cn1c2ccc(Br)cc2c2cc(Br)ccc21. The zero-order valence-electron chi connectivity index (χ0n) is 13.9. The molecular formula is C19H21Br2N3O. The molecule has 0 spiro atoms. The van der Waals surface area contributed by atoms with E-state index in [9.17, 15) is 5.11 Å². The number of benzene rings is 2. The van der Waals surface area contributed by atoms with E-state index in [4.69, 9.17) is 0 Å². The van der Waals surface area contributed by atoms with Crippen molar-refractivity contribution in [1.82, 2.24) is 14.8 Å². The van der Waals surface area contributed by atoms with Gasteiger partial charge in [-0.3, -0.25) is 4.90 Å². The van der Waals surface area contributed by atoms with E-state index >= 15 is 0 Å². The Hall–Kier alpha value is -0.920. The highest BCUT2D eigenvalue weighted by Gasteiger charge is 2.18. The molecule has 1 aliphatic heterocycles. The molecule has 6 heteroatoms. The van der Waals surface area contributed by atoms with Crippen molar-refractivity contribution in [1.29, 1.82) is 0 Å². The number of aromatic nitrogens is 1. The molecule has 1 aliphatic rings. The van der Waals surface area contributed by atoms with E-state index in [1.54, 1.807) is 0 Å². The maximum atomic E-state index is 10.7. The number of halogens is 2. The van der Waals surface area contributed by atoms with Gasteiger partial charge in [0.15, 0.2) is 0 Å². The molecule has 0 radical (unpaired) electrons. The quantitative estimate of drug-likeness (QED) is 0.617. The van der Waals surface area contributed by atoms with E-state index < -0.39 is 0 Å². The van der Waals surface area contributed by atoms with Gasteiger partial charge >= 0.3 is 0 Å². The van der Waals surface area contributed by atoms with Crippen LogP contribution in [0.15, 0.2) is 45.3 Å². The molecule has 3 aromatic rings. The van der Waals surface area contributed by atoms with Crippen LogP contribution >= 0.6 is 31.9 Å². The summed E-state index contributed by atoms with van der Waals surface area (Å²) in [6, 6.07) is 12.7. The van der Waals surface area contributed by atoms with Crippen LogP contribution in [0, 0.1) is 0 Å². The Kier molecular flexibility index (Phi) is 5.15. The average Bonchev–Trinajstić information content (AvgIpc) is 2.88. The summed E-state index contributed by atoms with van der Waals surface area (Å²) in [5.74, 6) is 0. The van der Waals surface area contributed by atoms with Crippen molar-refractivity contribution in [2.24, 2.45) is 0 Å². The van der Waals surface area contributed by atoms with Crippen molar-refractivity contribution in [3.8, 4) is 0 Å². The van der Waals surface area contributed by atoms with Crippen LogP contribution in [0.3, 0.4) is 0 Å². The molecule has 0 amide bonds. The molecule has 4 rings (SSSR count). The van der Waals surface area contributed by atoms with E-state index in [0.29, 0.717) is 6.54 Å². The van der Waals surface area contributed by atoms with Crippen molar-refractivity contribution in [3.05, 3.63) is 45.3 Å². The van der Waals surface area contributed by atoms with E-state index in [1.165, 1.54) is 10.8 Å². The van der Waals surface area contributed by atoms with Crippen LogP contribution in [-0.2, 0) is 6.54 Å². The lowest BCUT2D eigenvalue weighted by Gasteiger charge is -2.29. The number of hydrogen-bond donors (Lipinski definition) is 2. The molecule has 1 atom stereocenters. The second-order valence-corrected chi connectivity index (χ2v) is 8.47. The molecule has 132 valence electrons. The van der Waals surface area contributed by atoms with Crippen molar-refractivity contribution >= 4 is 53.7 Å². The van der Waals surface area contributed by atoms with Gasteiger partial charge in [-0.15, -0.1) is 0 Å². The monoisotopic (exact) mass is 465 g/mol. The summed E-state index contributed by atoms with van der Waals surface area (Å²) in [7, 11) is 0. The molecule has 25 heavy (non-hydrogen) atoms. The lowest BCUT2D eigenvalue weighted by Crippen LogP contribution is -2.46. The Morgan fingerprint density at radius 2 is 1.48 bits per heavy atom. The number of aliphatic hydroxyl groups is 1. The molecule has 2 N–H and O–H groups in total. The predicted octanol–water partition coefficient (Wildman–Crippen LogP) is 3.59. The van der Waals surface area contributed by atoms with Crippen molar-refractivity contribution < 1.29 is 5.11 Å². The third kappa shape index (κ3) is 3.64. The number of rotatable bonds is 4. The normalized spacial score (nSPS) is 17.4. The van der Waals surface area contributed by atoms with Gasteiger partial charge < -0.3 is 15.0 Å². The molecule has 0 unspecified atom stereocenters. The molecule has 2 heterocycles. The van der Waals surface area contributed by atoms with Crippen LogP contribution in [0.1, 0.15) is 0 Å². The summed E-state index contributed by atoms with van der Waals surface area (Å²) in [6.07, 6.45) is -0.385. The van der Waals surface area contributed by atoms with Crippen LogP contribution in [0.25, 0.3) is 21.8 Å². The summed E-state index contributed by atoms with van der Waals surface area (Å²) in [5, 5.41) is 16.5. The minimum atomic E-state index is -0.385. The summed E-state index contributed by atoms with van der Waals surface area (Å²) < 4.78 is 4.39. The predicted molar refractivity (Wildman–Crippen MR) is 110 cm³/mol. The van der Waals surface area contributed by atoms with Crippen molar-refractivity contribution in [3.63, 3.8) is 0 Å². The highest BCUT2D eigenvalue weighted by molar-refractivity contribution is 9.10. The average molecular weight is 467 g/mol. The largest absolute Gasteiger partial charge is 0.390 e. The van der Waals surface area contributed by atoms with Crippen LogP contribution in [-0.4, -0.2) is 53.4 Å². The minimum Gasteiger partial charge on any atom is -0.390 e. The lowest BCUT2D eigenvalue weighted by molar-refractivity contribution is 0.0936. The maximum Gasteiger partial charge on any atom is 0.0845 e. The van der Waals surface area contributed by atoms with E-state index in [1.807, 2.05) is 0 Å². The minimum absolute atomic E-state index is 0.385. The zero-order valence-corrected chi connectivity index (χ0v) is 17.1. The first-order valence-electron chi connectivity index (χ1n) is 8.60. The fourth-order valence-electron chi connectivity index (χ4n) is 3.71. The number of β-amino-alcohol motifs (C(OH)–C–C–N with tert-alkyl or cyclic N) is 1. The lowest BCUT2D eigenvalue weighted by atomic mass is 10.2. The third-order valence-corrected chi connectivity index (χ3v) is 5.85. The maximum absolute atomic E-state index is 10.7. The van der Waals surface area contributed by atoms with Crippen LogP contribution in [0.4, 0.5) is 0 Å². The van der Waals surface area contributed by atoms with Gasteiger partial charge in [-0.25, -0.2) is 0 Å². The first-order valence-corrected chi connectivity index (χ1v) is 10.2. The van der Waals surface area contributed by atoms with Crippen molar-refractivity contribution in [2.45, 2.75) is 12.6 Å². The molecule has 0 bridgehead atoms.